The highest BCUT2D eigenvalue weighted by molar-refractivity contribution is 5.88. The molecule has 0 spiro atoms. The summed E-state index contributed by atoms with van der Waals surface area (Å²) in [4.78, 5) is 20.3. The quantitative estimate of drug-likeness (QED) is 0.363. The fourth-order valence-electron chi connectivity index (χ4n) is 4.11. The van der Waals surface area contributed by atoms with Gasteiger partial charge in [0.05, 0.1) is 17.8 Å². The van der Waals surface area contributed by atoms with Gasteiger partial charge in [-0.2, -0.15) is 13.2 Å². The van der Waals surface area contributed by atoms with Crippen LogP contribution >= 0.6 is 0 Å². The molecular formula is C26H24F3N3O. The fraction of sp³-hybridized carbons (Fsp3) is 0.231. The van der Waals surface area contributed by atoms with E-state index in [-0.39, 0.29) is 18.9 Å². The molecule has 0 radical (unpaired) electrons. The number of aryl methyl sites for hydroxylation is 1. The summed E-state index contributed by atoms with van der Waals surface area (Å²) in [6.45, 7) is 2.30. The highest BCUT2D eigenvalue weighted by Crippen LogP contribution is 2.37. The van der Waals surface area contributed by atoms with Crippen LogP contribution in [-0.2, 0) is 23.9 Å². The Bertz CT molecular complexity index is 1250. The van der Waals surface area contributed by atoms with Gasteiger partial charge >= 0.3 is 6.18 Å². The second kappa shape index (κ2) is 9.48. The number of nitrogens with one attached hydrogen (secondary N) is 2. The molecule has 0 saturated heterocycles. The van der Waals surface area contributed by atoms with Crippen molar-refractivity contribution in [3.63, 3.8) is 0 Å². The van der Waals surface area contributed by atoms with Crippen LogP contribution in [0.1, 0.15) is 47.2 Å². The number of benzene rings is 2. The summed E-state index contributed by atoms with van der Waals surface area (Å²) in [6, 6.07) is 16.5. The first-order chi connectivity index (χ1) is 15.9. The smallest absolute Gasteiger partial charge is 0.361 e. The Hall–Kier alpha value is -3.61. The van der Waals surface area contributed by atoms with Crippen LogP contribution in [0.25, 0.3) is 10.9 Å². The maximum atomic E-state index is 13.4. The first-order valence-corrected chi connectivity index (χ1v) is 10.8. The summed E-state index contributed by atoms with van der Waals surface area (Å²) in [5, 5.41) is 3.75. The van der Waals surface area contributed by atoms with E-state index in [1.165, 1.54) is 6.07 Å². The average molecular weight is 451 g/mol. The first kappa shape index (κ1) is 22.6. The number of nitrogens with zero attached hydrogens (tertiary/aromatic N) is 1. The lowest BCUT2D eigenvalue weighted by atomic mass is 9.86. The van der Waals surface area contributed by atoms with Crippen LogP contribution in [-0.4, -0.2) is 15.9 Å². The van der Waals surface area contributed by atoms with E-state index >= 15 is 0 Å². The zero-order valence-corrected chi connectivity index (χ0v) is 18.1. The maximum absolute atomic E-state index is 13.4. The van der Waals surface area contributed by atoms with Crippen LogP contribution in [0.2, 0.25) is 0 Å². The molecule has 7 heteroatoms. The van der Waals surface area contributed by atoms with Gasteiger partial charge in [-0.1, -0.05) is 49.4 Å². The van der Waals surface area contributed by atoms with E-state index < -0.39 is 17.7 Å². The monoisotopic (exact) mass is 451 g/mol. The number of aromatic nitrogens is 2. The lowest BCUT2D eigenvalue weighted by Crippen LogP contribution is -2.25. The molecular weight excluding hydrogens is 427 g/mol. The number of halogens is 3. The van der Waals surface area contributed by atoms with Gasteiger partial charge in [-0.25, -0.2) is 0 Å². The molecule has 2 N–H and O–H groups in total. The number of hydrogen-bond acceptors (Lipinski definition) is 2. The molecule has 170 valence electrons. The van der Waals surface area contributed by atoms with Crippen molar-refractivity contribution < 1.29 is 18.0 Å². The van der Waals surface area contributed by atoms with Gasteiger partial charge in [0.2, 0.25) is 5.91 Å². The number of aromatic amines is 1. The van der Waals surface area contributed by atoms with Crippen molar-refractivity contribution in [2.24, 2.45) is 0 Å². The van der Waals surface area contributed by atoms with Crippen molar-refractivity contribution >= 4 is 16.8 Å². The third-order valence-corrected chi connectivity index (χ3v) is 5.79. The number of H-pyrrole nitrogens is 1. The summed E-state index contributed by atoms with van der Waals surface area (Å²) >= 11 is 0. The van der Waals surface area contributed by atoms with E-state index in [1.54, 1.807) is 30.6 Å². The van der Waals surface area contributed by atoms with Crippen molar-refractivity contribution in [1.82, 2.24) is 15.3 Å². The van der Waals surface area contributed by atoms with Gasteiger partial charge in [-0.3, -0.25) is 9.78 Å². The van der Waals surface area contributed by atoms with E-state index in [2.05, 4.69) is 15.3 Å². The van der Waals surface area contributed by atoms with Gasteiger partial charge in [0, 0.05) is 35.6 Å². The number of amides is 1. The molecule has 1 atom stereocenters. The molecule has 4 nitrogen and oxygen atoms in total. The van der Waals surface area contributed by atoms with Crippen LogP contribution in [0.15, 0.2) is 73.1 Å². The summed E-state index contributed by atoms with van der Waals surface area (Å²) < 4.78 is 40.2. The summed E-state index contributed by atoms with van der Waals surface area (Å²) in [6.07, 6.45) is -0.185. The molecule has 1 amide bonds. The molecule has 0 aliphatic rings. The number of pyridine rings is 1. The summed E-state index contributed by atoms with van der Waals surface area (Å²) in [5.41, 5.74) is 3.28. The zero-order valence-electron chi connectivity index (χ0n) is 18.1. The van der Waals surface area contributed by atoms with E-state index in [0.29, 0.717) is 11.3 Å². The lowest BCUT2D eigenvalue weighted by Gasteiger charge is -2.19. The summed E-state index contributed by atoms with van der Waals surface area (Å²) in [7, 11) is 0. The first-order valence-electron chi connectivity index (χ1n) is 10.8. The number of carbonyl (C=O) groups is 1. The molecule has 33 heavy (non-hydrogen) atoms. The third kappa shape index (κ3) is 5.08. The number of hydrogen-bond donors (Lipinski definition) is 2. The molecule has 0 fully saturated rings. The molecule has 0 bridgehead atoms. The fourth-order valence-corrected chi connectivity index (χ4v) is 4.11. The van der Waals surface area contributed by atoms with E-state index in [4.69, 9.17) is 0 Å². The number of rotatable bonds is 7. The van der Waals surface area contributed by atoms with Crippen LogP contribution in [0.4, 0.5) is 13.2 Å². The normalized spacial score (nSPS) is 12.6. The Morgan fingerprint density at radius 3 is 2.64 bits per heavy atom. The van der Waals surface area contributed by atoms with Crippen molar-refractivity contribution in [3.05, 3.63) is 101 Å². The van der Waals surface area contributed by atoms with E-state index in [0.717, 1.165) is 40.6 Å². The van der Waals surface area contributed by atoms with Crippen LogP contribution in [0.5, 0.6) is 0 Å². The van der Waals surface area contributed by atoms with Crippen LogP contribution in [0, 0.1) is 0 Å². The Balaban J connectivity index is 1.70. The van der Waals surface area contributed by atoms with Gasteiger partial charge in [-0.15, -0.1) is 0 Å². The Labute approximate surface area is 189 Å². The molecule has 0 saturated carbocycles. The average Bonchev–Trinajstić information content (AvgIpc) is 3.25. The Morgan fingerprint density at radius 2 is 1.91 bits per heavy atom. The molecule has 0 aliphatic carbocycles. The predicted molar refractivity (Wildman–Crippen MR) is 122 cm³/mol. The Kier molecular flexibility index (Phi) is 6.49. The SMILES string of the molecule is CCc1cccc2c(C(CC(=O)NCc3ccccn3)c3cccc(C(F)(F)F)c3)c[nH]c12. The van der Waals surface area contributed by atoms with E-state index in [9.17, 15) is 18.0 Å². The second-order valence-electron chi connectivity index (χ2n) is 7.92. The maximum Gasteiger partial charge on any atom is 0.416 e. The van der Waals surface area contributed by atoms with Crippen molar-refractivity contribution in [1.29, 1.82) is 0 Å². The van der Waals surface area contributed by atoms with Gasteiger partial charge in [-0.05, 0) is 41.3 Å². The molecule has 1 unspecified atom stereocenters. The molecule has 4 rings (SSSR count). The minimum atomic E-state index is -4.46. The van der Waals surface area contributed by atoms with Crippen molar-refractivity contribution in [2.45, 2.75) is 38.4 Å². The minimum absolute atomic E-state index is 0.0114. The molecule has 2 aromatic carbocycles. The van der Waals surface area contributed by atoms with Crippen molar-refractivity contribution in [2.75, 3.05) is 0 Å². The number of alkyl halides is 3. The van der Waals surface area contributed by atoms with Gasteiger partial charge in [0.25, 0.3) is 0 Å². The molecule has 0 aliphatic heterocycles. The lowest BCUT2D eigenvalue weighted by molar-refractivity contribution is -0.137. The summed E-state index contributed by atoms with van der Waals surface area (Å²) in [5.74, 6) is -0.805. The highest BCUT2D eigenvalue weighted by Gasteiger charge is 2.32. The standard InChI is InChI=1S/C26H24F3N3O/c1-2-17-7-6-11-21-23(16-32-25(17)21)22(18-8-5-9-19(13-18)26(27,28)29)14-24(33)31-15-20-10-3-4-12-30-20/h3-13,16,22,32H,2,14-15H2,1H3,(H,31,33). The molecule has 2 heterocycles. The predicted octanol–water partition coefficient (Wildman–Crippen LogP) is 5.98. The number of carbonyl (C=O) groups excluding carboxylic acids is 1. The second-order valence-corrected chi connectivity index (χ2v) is 7.92. The van der Waals surface area contributed by atoms with Crippen LogP contribution < -0.4 is 5.32 Å². The third-order valence-electron chi connectivity index (χ3n) is 5.79. The molecule has 4 aromatic rings. The van der Waals surface area contributed by atoms with Gasteiger partial charge in [0.1, 0.15) is 0 Å². The molecule has 2 aromatic heterocycles. The van der Waals surface area contributed by atoms with Crippen molar-refractivity contribution in [3.8, 4) is 0 Å². The van der Waals surface area contributed by atoms with Gasteiger partial charge in [0.15, 0.2) is 0 Å². The highest BCUT2D eigenvalue weighted by atomic mass is 19.4. The number of fused-ring (bicyclic) bond motifs is 1. The zero-order chi connectivity index (χ0) is 23.4. The topological polar surface area (TPSA) is 57.8 Å². The Morgan fingerprint density at radius 1 is 1.09 bits per heavy atom. The van der Waals surface area contributed by atoms with E-state index in [1.807, 2.05) is 31.2 Å². The van der Waals surface area contributed by atoms with Gasteiger partial charge < -0.3 is 10.3 Å². The van der Waals surface area contributed by atoms with Crippen LogP contribution in [0.3, 0.4) is 0 Å². The minimum Gasteiger partial charge on any atom is -0.361 e. The number of para-hydroxylation sites is 1. The largest absolute Gasteiger partial charge is 0.416 e.